The van der Waals surface area contributed by atoms with Crippen molar-refractivity contribution in [3.05, 3.63) is 84.4 Å². The third-order valence-corrected chi connectivity index (χ3v) is 5.59. The minimum atomic E-state index is -2.74. The molecule has 2 amide bonds. The first-order valence-corrected chi connectivity index (χ1v) is 9.85. The summed E-state index contributed by atoms with van der Waals surface area (Å²) >= 11 is 0. The van der Waals surface area contributed by atoms with Crippen molar-refractivity contribution in [3.8, 4) is 0 Å². The second-order valence-corrected chi connectivity index (χ2v) is 7.96. The zero-order chi connectivity index (χ0) is 22.1. The van der Waals surface area contributed by atoms with Crippen LogP contribution in [0, 0.1) is 5.92 Å². The molecule has 0 aliphatic carbocycles. The zero-order valence-electron chi connectivity index (χ0n) is 17.3. The van der Waals surface area contributed by atoms with E-state index in [9.17, 15) is 14.7 Å². The summed E-state index contributed by atoms with van der Waals surface area (Å²) in [5, 5.41) is 10.00. The molecule has 0 aromatic heterocycles. The molecule has 3 atom stereocenters. The van der Waals surface area contributed by atoms with Crippen LogP contribution in [-0.4, -0.2) is 39.8 Å². The quantitative estimate of drug-likeness (QED) is 0.723. The van der Waals surface area contributed by atoms with Crippen molar-refractivity contribution in [2.45, 2.75) is 44.2 Å². The zero-order valence-corrected chi connectivity index (χ0v) is 17.3. The Kier molecular flexibility index (Phi) is 5.81. The van der Waals surface area contributed by atoms with Gasteiger partial charge < -0.3 is 9.84 Å². The fraction of sp³-hybridized carbons (Fsp3) is 0.333. The molecule has 158 valence electrons. The molecule has 1 N–H and O–H groups in total. The largest absolute Gasteiger partial charge is 0.430 e. The Morgan fingerprint density at radius 1 is 1.17 bits per heavy atom. The number of aliphatic hydroxyl groups is 1. The van der Waals surface area contributed by atoms with Crippen LogP contribution in [0.5, 0.6) is 0 Å². The Hall–Kier alpha value is -2.99. The molecule has 0 bridgehead atoms. The van der Waals surface area contributed by atoms with Gasteiger partial charge in [0.15, 0.2) is 5.60 Å². The van der Waals surface area contributed by atoms with Gasteiger partial charge in [-0.2, -0.15) is 0 Å². The van der Waals surface area contributed by atoms with E-state index in [0.29, 0.717) is 11.1 Å². The third-order valence-electron chi connectivity index (χ3n) is 5.59. The van der Waals surface area contributed by atoms with Gasteiger partial charge in [-0.3, -0.25) is 4.79 Å². The van der Waals surface area contributed by atoms with Crippen LogP contribution in [0.1, 0.15) is 31.9 Å². The van der Waals surface area contributed by atoms with Crippen LogP contribution in [-0.2, 0) is 15.1 Å². The van der Waals surface area contributed by atoms with E-state index < -0.39 is 35.4 Å². The van der Waals surface area contributed by atoms with Gasteiger partial charge in [0.05, 0.1) is 6.04 Å². The second kappa shape index (κ2) is 8.03. The minimum absolute atomic E-state index is 0.280. The van der Waals surface area contributed by atoms with E-state index in [2.05, 4.69) is 6.58 Å². The number of hydrogen-bond donors (Lipinski definition) is 1. The highest BCUT2D eigenvalue weighted by atomic mass is 19.1. The van der Waals surface area contributed by atoms with Crippen LogP contribution < -0.4 is 0 Å². The summed E-state index contributed by atoms with van der Waals surface area (Å²) in [6.45, 7) is 7.98. The lowest BCUT2D eigenvalue weighted by Gasteiger charge is -2.38. The predicted molar refractivity (Wildman–Crippen MR) is 111 cm³/mol. The number of aliphatic hydroxyl groups excluding tert-OH is 1. The lowest BCUT2D eigenvalue weighted by molar-refractivity contribution is -0.147. The maximum Gasteiger partial charge on any atom is 0.418 e. The van der Waals surface area contributed by atoms with Gasteiger partial charge in [-0.15, -0.1) is 6.58 Å². The van der Waals surface area contributed by atoms with E-state index in [1.165, 1.54) is 0 Å². The molecule has 1 heterocycles. The monoisotopic (exact) mass is 411 g/mol. The smallest absolute Gasteiger partial charge is 0.418 e. The van der Waals surface area contributed by atoms with Crippen molar-refractivity contribution in [2.24, 2.45) is 5.92 Å². The summed E-state index contributed by atoms with van der Waals surface area (Å²) < 4.78 is 21.2. The lowest BCUT2D eigenvalue weighted by Crippen LogP contribution is -2.57. The summed E-state index contributed by atoms with van der Waals surface area (Å²) in [6.07, 6.45) is -1.79. The molecule has 2 aromatic carbocycles. The highest BCUT2D eigenvalue weighted by Crippen LogP contribution is 2.48. The summed E-state index contributed by atoms with van der Waals surface area (Å²) in [4.78, 5) is 27.1. The number of hydrogen-bond acceptors (Lipinski definition) is 4. The van der Waals surface area contributed by atoms with Crippen LogP contribution in [0.25, 0.3) is 0 Å². The van der Waals surface area contributed by atoms with Crippen molar-refractivity contribution in [1.29, 1.82) is 0 Å². The third kappa shape index (κ3) is 3.31. The van der Waals surface area contributed by atoms with E-state index in [1.54, 1.807) is 0 Å². The van der Waals surface area contributed by atoms with E-state index in [-0.39, 0.29) is 5.92 Å². The Balaban J connectivity index is 2.24. The van der Waals surface area contributed by atoms with Gasteiger partial charge in [0.1, 0.15) is 6.10 Å². The first-order chi connectivity index (χ1) is 14.2. The second-order valence-electron chi connectivity index (χ2n) is 7.96. The number of imide groups is 1. The van der Waals surface area contributed by atoms with E-state index in [0.717, 1.165) is 17.9 Å². The summed E-state index contributed by atoms with van der Waals surface area (Å²) in [7, 11) is 0. The maximum atomic E-state index is 15.3. The molecule has 1 saturated heterocycles. The highest BCUT2D eigenvalue weighted by Gasteiger charge is 2.62. The van der Waals surface area contributed by atoms with Crippen molar-refractivity contribution in [3.63, 3.8) is 0 Å². The topological polar surface area (TPSA) is 66.8 Å². The van der Waals surface area contributed by atoms with Gasteiger partial charge in [-0.25, -0.2) is 14.1 Å². The fourth-order valence-electron chi connectivity index (χ4n) is 4.10. The summed E-state index contributed by atoms with van der Waals surface area (Å²) in [5.41, 5.74) is -2.72. The molecule has 0 radical (unpaired) electrons. The van der Waals surface area contributed by atoms with E-state index in [1.807, 2.05) is 74.5 Å². The van der Waals surface area contributed by atoms with Gasteiger partial charge in [0.25, 0.3) is 5.91 Å². The lowest BCUT2D eigenvalue weighted by atomic mass is 9.75. The van der Waals surface area contributed by atoms with Crippen LogP contribution in [0.15, 0.2) is 73.3 Å². The van der Waals surface area contributed by atoms with Gasteiger partial charge >= 0.3 is 6.09 Å². The Bertz CT molecular complexity index is 887. The molecule has 30 heavy (non-hydrogen) atoms. The maximum absolute atomic E-state index is 15.3. The molecular weight excluding hydrogens is 385 g/mol. The molecule has 1 aliphatic rings. The first kappa shape index (κ1) is 21.7. The number of benzene rings is 2. The van der Waals surface area contributed by atoms with Crippen LogP contribution in [0.4, 0.5) is 9.18 Å². The average Bonchev–Trinajstić information content (AvgIpc) is 3.07. The fourth-order valence-corrected chi connectivity index (χ4v) is 4.10. The molecule has 5 nitrogen and oxygen atoms in total. The number of rotatable bonds is 6. The number of nitrogens with zero attached hydrogens (tertiary/aromatic N) is 1. The number of carbonyl (C=O) groups is 2. The van der Waals surface area contributed by atoms with Crippen LogP contribution in [0.2, 0.25) is 0 Å². The summed E-state index contributed by atoms with van der Waals surface area (Å²) in [5.74, 6) is -1.44. The number of amides is 2. The van der Waals surface area contributed by atoms with Gasteiger partial charge in [-0.1, -0.05) is 80.6 Å². The standard InChI is InChI=1S/C24H26FNO4/c1-5-19(27)23(4,25)21(28)26-20(16(2)3)24(30-22(26)29,17-12-8-6-9-13-17)18-14-10-7-11-15-18/h5-16,19-20,27H,1H2,2-4H3/t19-,20-,23-/m1/s1. The summed E-state index contributed by atoms with van der Waals surface area (Å²) in [6, 6.07) is 17.4. The number of halogens is 1. The number of carbonyl (C=O) groups excluding carboxylic acids is 2. The van der Waals surface area contributed by atoms with Crippen molar-refractivity contribution >= 4 is 12.0 Å². The molecule has 3 rings (SSSR count). The molecule has 1 fully saturated rings. The van der Waals surface area contributed by atoms with Gasteiger partial charge in [0.2, 0.25) is 5.67 Å². The molecule has 2 aromatic rings. The molecule has 0 saturated carbocycles. The Morgan fingerprint density at radius 2 is 1.63 bits per heavy atom. The Labute approximate surface area is 175 Å². The SMILES string of the molecule is C=C[C@@H](O)[C@@](C)(F)C(=O)N1C(=O)OC(c2ccccc2)(c2ccccc2)[C@H]1C(C)C. The molecule has 0 spiro atoms. The Morgan fingerprint density at radius 3 is 2.03 bits per heavy atom. The minimum Gasteiger partial charge on any atom is -0.430 e. The molecule has 0 unspecified atom stereocenters. The van der Waals surface area contributed by atoms with Crippen molar-refractivity contribution in [1.82, 2.24) is 4.90 Å². The predicted octanol–water partition coefficient (Wildman–Crippen LogP) is 4.21. The van der Waals surface area contributed by atoms with Gasteiger partial charge in [0, 0.05) is 11.1 Å². The first-order valence-electron chi connectivity index (χ1n) is 9.85. The molecule has 1 aliphatic heterocycles. The number of cyclic esters (lactones) is 1. The average molecular weight is 411 g/mol. The molecule has 6 heteroatoms. The molecular formula is C24H26FNO4. The number of alkyl halides is 1. The normalized spacial score (nSPS) is 21.1. The van der Waals surface area contributed by atoms with Gasteiger partial charge in [-0.05, 0) is 12.8 Å². The van der Waals surface area contributed by atoms with Crippen LogP contribution in [0.3, 0.4) is 0 Å². The van der Waals surface area contributed by atoms with E-state index >= 15 is 4.39 Å². The van der Waals surface area contributed by atoms with Crippen molar-refractivity contribution in [2.75, 3.05) is 0 Å². The van der Waals surface area contributed by atoms with E-state index in [4.69, 9.17) is 4.74 Å². The highest BCUT2D eigenvalue weighted by molar-refractivity contribution is 5.99. The number of ether oxygens (including phenoxy) is 1. The van der Waals surface area contributed by atoms with Crippen molar-refractivity contribution < 1.29 is 23.8 Å². The van der Waals surface area contributed by atoms with Crippen LogP contribution >= 0.6 is 0 Å².